The smallest absolute Gasteiger partial charge is 0.119 e. The molecule has 18 heavy (non-hydrogen) atoms. The Morgan fingerprint density at radius 3 is 2.78 bits per heavy atom. The average molecular weight is 248 g/mol. The maximum atomic E-state index is 5.43. The molecule has 2 rings (SSSR count). The molecular weight excluding hydrogens is 224 g/mol. The molecule has 1 saturated heterocycles. The highest BCUT2D eigenvalue weighted by Crippen LogP contribution is 2.28. The van der Waals surface area contributed by atoms with E-state index in [9.17, 15) is 0 Å². The lowest BCUT2D eigenvalue weighted by Gasteiger charge is -2.24. The second-order valence-corrected chi connectivity index (χ2v) is 5.40. The second-order valence-electron chi connectivity index (χ2n) is 5.40. The number of hydrogen-bond donors (Lipinski definition) is 1. The van der Waals surface area contributed by atoms with Gasteiger partial charge in [0, 0.05) is 13.1 Å². The Balaban J connectivity index is 2.22. The Labute approximate surface area is 110 Å². The van der Waals surface area contributed by atoms with Crippen LogP contribution >= 0.6 is 0 Å². The Hall–Kier alpha value is -1.06. The number of piperidine rings is 1. The molecule has 0 radical (unpaired) electrons. The van der Waals surface area contributed by atoms with Crippen LogP contribution in [-0.4, -0.2) is 39.2 Å². The van der Waals surface area contributed by atoms with Gasteiger partial charge in [-0.05, 0) is 62.7 Å². The van der Waals surface area contributed by atoms with E-state index in [1.165, 1.54) is 24.0 Å². The maximum absolute atomic E-state index is 5.43. The van der Waals surface area contributed by atoms with E-state index in [0.717, 1.165) is 25.4 Å². The van der Waals surface area contributed by atoms with Crippen LogP contribution in [0, 0.1) is 0 Å². The van der Waals surface area contributed by atoms with Crippen molar-refractivity contribution < 1.29 is 4.74 Å². The minimum absolute atomic E-state index is 0.634. The number of hydrogen-bond acceptors (Lipinski definition) is 3. The summed E-state index contributed by atoms with van der Waals surface area (Å²) in [6.45, 7) is 3.21. The van der Waals surface area contributed by atoms with E-state index >= 15 is 0 Å². The molecule has 0 amide bonds. The van der Waals surface area contributed by atoms with E-state index < -0.39 is 0 Å². The Morgan fingerprint density at radius 1 is 1.33 bits per heavy atom. The summed E-state index contributed by atoms with van der Waals surface area (Å²) in [5.41, 5.74) is 2.75. The number of rotatable bonds is 4. The lowest BCUT2D eigenvalue weighted by atomic mass is 9.90. The first-order chi connectivity index (χ1) is 8.69. The molecule has 1 aromatic carbocycles. The van der Waals surface area contributed by atoms with Crippen LogP contribution in [0.1, 0.15) is 29.9 Å². The third kappa shape index (κ3) is 3.47. The summed E-state index contributed by atoms with van der Waals surface area (Å²) in [6.07, 6.45) is 2.55. The van der Waals surface area contributed by atoms with E-state index in [1.807, 2.05) is 0 Å². The van der Waals surface area contributed by atoms with Crippen molar-refractivity contribution in [3.8, 4) is 5.75 Å². The van der Waals surface area contributed by atoms with Crippen LogP contribution in [0.5, 0.6) is 5.75 Å². The number of ether oxygens (including phenoxy) is 1. The quantitative estimate of drug-likeness (QED) is 0.884. The monoisotopic (exact) mass is 248 g/mol. The van der Waals surface area contributed by atoms with Crippen molar-refractivity contribution >= 4 is 0 Å². The molecule has 1 aliphatic rings. The van der Waals surface area contributed by atoms with Crippen LogP contribution in [0.4, 0.5) is 0 Å². The second kappa shape index (κ2) is 6.21. The molecular formula is C15H24N2O. The van der Waals surface area contributed by atoms with Crippen LogP contribution in [-0.2, 0) is 6.54 Å². The van der Waals surface area contributed by atoms with Crippen molar-refractivity contribution in [1.82, 2.24) is 10.2 Å². The summed E-state index contributed by atoms with van der Waals surface area (Å²) in [4.78, 5) is 2.19. The van der Waals surface area contributed by atoms with Gasteiger partial charge in [0.15, 0.2) is 0 Å². The molecule has 0 saturated carbocycles. The van der Waals surface area contributed by atoms with Crippen LogP contribution in [0.25, 0.3) is 0 Å². The first-order valence-corrected chi connectivity index (χ1v) is 6.72. The third-order valence-corrected chi connectivity index (χ3v) is 3.49. The normalized spacial score (nSPS) is 20.1. The fraction of sp³-hybridized carbons (Fsp3) is 0.600. The van der Waals surface area contributed by atoms with E-state index in [2.05, 4.69) is 42.5 Å². The highest BCUT2D eigenvalue weighted by Gasteiger charge is 2.16. The van der Waals surface area contributed by atoms with Gasteiger partial charge in [0.1, 0.15) is 5.75 Å². The van der Waals surface area contributed by atoms with Crippen molar-refractivity contribution in [2.24, 2.45) is 0 Å². The van der Waals surface area contributed by atoms with Gasteiger partial charge in [-0.25, -0.2) is 0 Å². The third-order valence-electron chi connectivity index (χ3n) is 3.49. The minimum atomic E-state index is 0.634. The van der Waals surface area contributed by atoms with Gasteiger partial charge in [0.2, 0.25) is 0 Å². The molecule has 1 heterocycles. The summed E-state index contributed by atoms with van der Waals surface area (Å²) in [5.74, 6) is 1.62. The van der Waals surface area contributed by atoms with Crippen molar-refractivity contribution in [1.29, 1.82) is 0 Å². The fourth-order valence-corrected chi connectivity index (χ4v) is 2.63. The summed E-state index contributed by atoms with van der Waals surface area (Å²) in [6, 6.07) is 6.66. The molecule has 1 unspecified atom stereocenters. The summed E-state index contributed by atoms with van der Waals surface area (Å²) >= 11 is 0. The SMILES string of the molecule is COc1cc(CN(C)C)cc(C2CCCNC2)c1. The Kier molecular flexibility index (Phi) is 4.61. The molecule has 1 N–H and O–H groups in total. The van der Waals surface area contributed by atoms with Gasteiger partial charge in [-0.1, -0.05) is 6.07 Å². The molecule has 0 aromatic heterocycles. The molecule has 0 aliphatic carbocycles. The van der Waals surface area contributed by atoms with Crippen LogP contribution in [0.3, 0.4) is 0 Å². The van der Waals surface area contributed by atoms with Gasteiger partial charge < -0.3 is 15.0 Å². The van der Waals surface area contributed by atoms with Crippen molar-refractivity contribution in [2.75, 3.05) is 34.3 Å². The van der Waals surface area contributed by atoms with E-state index in [0.29, 0.717) is 5.92 Å². The topological polar surface area (TPSA) is 24.5 Å². The highest BCUT2D eigenvalue weighted by molar-refractivity contribution is 5.36. The van der Waals surface area contributed by atoms with E-state index in [4.69, 9.17) is 4.74 Å². The molecule has 100 valence electrons. The number of nitrogens with one attached hydrogen (secondary N) is 1. The maximum Gasteiger partial charge on any atom is 0.119 e. The molecule has 0 spiro atoms. The zero-order chi connectivity index (χ0) is 13.0. The zero-order valence-electron chi connectivity index (χ0n) is 11.7. The van der Waals surface area contributed by atoms with Gasteiger partial charge >= 0.3 is 0 Å². The summed E-state index contributed by atoms with van der Waals surface area (Å²) in [7, 11) is 5.94. The Morgan fingerprint density at radius 2 is 2.17 bits per heavy atom. The molecule has 3 heteroatoms. The number of benzene rings is 1. The summed E-state index contributed by atoms with van der Waals surface area (Å²) < 4.78 is 5.43. The van der Waals surface area contributed by atoms with Crippen LogP contribution < -0.4 is 10.1 Å². The average Bonchev–Trinajstić information content (AvgIpc) is 2.38. The first-order valence-electron chi connectivity index (χ1n) is 6.72. The van der Waals surface area contributed by atoms with Crippen molar-refractivity contribution in [3.05, 3.63) is 29.3 Å². The number of methoxy groups -OCH3 is 1. The number of nitrogens with zero attached hydrogens (tertiary/aromatic N) is 1. The van der Waals surface area contributed by atoms with Crippen molar-refractivity contribution in [2.45, 2.75) is 25.3 Å². The minimum Gasteiger partial charge on any atom is -0.497 e. The van der Waals surface area contributed by atoms with Gasteiger partial charge in [-0.2, -0.15) is 0 Å². The standard InChI is InChI=1S/C15H24N2O/c1-17(2)11-12-7-14(9-15(8-12)18-3)13-5-4-6-16-10-13/h7-9,13,16H,4-6,10-11H2,1-3H3. The lowest BCUT2D eigenvalue weighted by Crippen LogP contribution is -2.28. The van der Waals surface area contributed by atoms with E-state index in [-0.39, 0.29) is 0 Å². The molecule has 1 fully saturated rings. The highest BCUT2D eigenvalue weighted by atomic mass is 16.5. The van der Waals surface area contributed by atoms with Gasteiger partial charge in [-0.3, -0.25) is 0 Å². The zero-order valence-corrected chi connectivity index (χ0v) is 11.7. The lowest BCUT2D eigenvalue weighted by molar-refractivity contribution is 0.393. The molecule has 0 bridgehead atoms. The van der Waals surface area contributed by atoms with Crippen LogP contribution in [0.15, 0.2) is 18.2 Å². The summed E-state index contributed by atoms with van der Waals surface area (Å²) in [5, 5.41) is 3.48. The van der Waals surface area contributed by atoms with Gasteiger partial charge in [-0.15, -0.1) is 0 Å². The molecule has 1 aromatic rings. The van der Waals surface area contributed by atoms with Gasteiger partial charge in [0.05, 0.1) is 7.11 Å². The first kappa shape index (κ1) is 13.4. The largest absolute Gasteiger partial charge is 0.497 e. The Bertz CT molecular complexity index is 384. The predicted octanol–water partition coefficient (Wildman–Crippen LogP) is 2.22. The molecule has 3 nitrogen and oxygen atoms in total. The van der Waals surface area contributed by atoms with Crippen LogP contribution in [0.2, 0.25) is 0 Å². The molecule has 1 atom stereocenters. The fourth-order valence-electron chi connectivity index (χ4n) is 2.63. The van der Waals surface area contributed by atoms with E-state index in [1.54, 1.807) is 7.11 Å². The van der Waals surface area contributed by atoms with Crippen molar-refractivity contribution in [3.63, 3.8) is 0 Å². The predicted molar refractivity (Wildman–Crippen MR) is 75.2 cm³/mol. The van der Waals surface area contributed by atoms with Gasteiger partial charge in [0.25, 0.3) is 0 Å². The molecule has 1 aliphatic heterocycles.